The van der Waals surface area contributed by atoms with E-state index in [1.807, 2.05) is 0 Å². The lowest BCUT2D eigenvalue weighted by molar-refractivity contribution is -0.138. The van der Waals surface area contributed by atoms with Crippen molar-refractivity contribution in [2.45, 2.75) is 13.3 Å². The van der Waals surface area contributed by atoms with E-state index in [4.69, 9.17) is 4.74 Å². The quantitative estimate of drug-likeness (QED) is 0.215. The van der Waals surface area contributed by atoms with E-state index >= 15 is 0 Å². The summed E-state index contributed by atoms with van der Waals surface area (Å²) in [6.45, 7) is 5.95. The van der Waals surface area contributed by atoms with Crippen molar-refractivity contribution in [1.82, 2.24) is 0 Å². The van der Waals surface area contributed by atoms with Crippen molar-refractivity contribution in [2.24, 2.45) is 4.99 Å². The van der Waals surface area contributed by atoms with Gasteiger partial charge in [0.1, 0.15) is 0 Å². The van der Waals surface area contributed by atoms with Crippen molar-refractivity contribution < 1.29 is 9.53 Å². The van der Waals surface area contributed by atoms with Gasteiger partial charge in [0.25, 0.3) is 0 Å². The molecule has 0 amide bonds. The van der Waals surface area contributed by atoms with Crippen LogP contribution < -0.4 is 0 Å². The van der Waals surface area contributed by atoms with E-state index in [1.54, 1.807) is 6.92 Å². The summed E-state index contributed by atoms with van der Waals surface area (Å²) in [5, 5.41) is 2.23. The molecule has 0 saturated heterocycles. The van der Waals surface area contributed by atoms with E-state index in [-0.39, 0.29) is 5.97 Å². The van der Waals surface area contributed by atoms with Gasteiger partial charge in [0.05, 0.1) is 18.3 Å². The largest absolute Gasteiger partial charge is 0.462 e. The zero-order valence-electron chi connectivity index (χ0n) is 7.00. The van der Waals surface area contributed by atoms with Gasteiger partial charge in [-0.2, -0.15) is 0 Å². The fourth-order valence-electron chi connectivity index (χ4n) is 0.477. The molecule has 0 aliphatic heterocycles. The molecule has 0 aliphatic carbocycles. The Labute approximate surface area is 77.1 Å². The molecular formula is C8H11NO2S. The maximum atomic E-state index is 10.8. The maximum absolute atomic E-state index is 10.8. The number of hydrogen-bond donors (Lipinski definition) is 0. The van der Waals surface area contributed by atoms with Crippen molar-refractivity contribution in [2.75, 3.05) is 13.2 Å². The summed E-state index contributed by atoms with van der Waals surface area (Å²) in [5.74, 6) is -0.360. The number of carbonyl (C=O) groups is 1. The van der Waals surface area contributed by atoms with E-state index in [0.717, 1.165) is 0 Å². The topological polar surface area (TPSA) is 38.7 Å². The highest BCUT2D eigenvalue weighted by Gasteiger charge is 2.00. The molecule has 0 aromatic heterocycles. The van der Waals surface area contributed by atoms with Crippen molar-refractivity contribution in [3.63, 3.8) is 0 Å². The second-order valence-electron chi connectivity index (χ2n) is 2.24. The Morgan fingerprint density at radius 1 is 1.75 bits per heavy atom. The molecule has 0 radical (unpaired) electrons. The monoisotopic (exact) mass is 185 g/mol. The van der Waals surface area contributed by atoms with E-state index in [9.17, 15) is 4.79 Å². The number of nitrogens with zero attached hydrogens (tertiary/aromatic N) is 1. The number of carbonyl (C=O) groups excluding carboxylic acids is 1. The summed E-state index contributed by atoms with van der Waals surface area (Å²) in [4.78, 5) is 14.5. The van der Waals surface area contributed by atoms with Gasteiger partial charge < -0.3 is 4.74 Å². The van der Waals surface area contributed by atoms with Crippen LogP contribution in [0.1, 0.15) is 13.3 Å². The van der Waals surface area contributed by atoms with Crippen LogP contribution in [0.4, 0.5) is 0 Å². The van der Waals surface area contributed by atoms with Gasteiger partial charge in [-0.15, -0.1) is 0 Å². The Morgan fingerprint density at radius 2 is 2.42 bits per heavy atom. The number of rotatable bonds is 5. The minimum atomic E-state index is -0.360. The SMILES string of the molecule is C=C(C)C(=O)OCCCN=C=S. The zero-order chi connectivity index (χ0) is 9.40. The van der Waals surface area contributed by atoms with Gasteiger partial charge in [-0.3, -0.25) is 0 Å². The normalized spacial score (nSPS) is 8.42. The smallest absolute Gasteiger partial charge is 0.333 e. The van der Waals surface area contributed by atoms with Crippen LogP contribution in [0, 0.1) is 0 Å². The Morgan fingerprint density at radius 3 is 2.92 bits per heavy atom. The van der Waals surface area contributed by atoms with Crippen LogP contribution in [0.15, 0.2) is 17.1 Å². The highest BCUT2D eigenvalue weighted by Crippen LogP contribution is 1.93. The van der Waals surface area contributed by atoms with E-state index in [1.165, 1.54) is 0 Å². The van der Waals surface area contributed by atoms with Gasteiger partial charge >= 0.3 is 5.97 Å². The van der Waals surface area contributed by atoms with Crippen LogP contribution >= 0.6 is 12.2 Å². The molecule has 66 valence electrons. The lowest BCUT2D eigenvalue weighted by atomic mass is 10.4. The average Bonchev–Trinajstić information content (AvgIpc) is 2.03. The van der Waals surface area contributed by atoms with Crippen molar-refractivity contribution in [1.29, 1.82) is 0 Å². The van der Waals surface area contributed by atoms with E-state index in [2.05, 4.69) is 29.0 Å². The number of thiocarbonyl (C=S) groups is 1. The molecule has 0 spiro atoms. The van der Waals surface area contributed by atoms with Gasteiger partial charge in [0.2, 0.25) is 0 Å². The number of esters is 1. The van der Waals surface area contributed by atoms with E-state index < -0.39 is 0 Å². The van der Waals surface area contributed by atoms with Gasteiger partial charge in [-0.25, -0.2) is 9.79 Å². The van der Waals surface area contributed by atoms with Crippen molar-refractivity contribution in [3.05, 3.63) is 12.2 Å². The van der Waals surface area contributed by atoms with Gasteiger partial charge in [-0.05, 0) is 19.1 Å². The molecule has 3 nitrogen and oxygen atoms in total. The molecule has 0 rings (SSSR count). The third kappa shape index (κ3) is 5.77. The van der Waals surface area contributed by atoms with Crippen LogP contribution in [0.3, 0.4) is 0 Å². The van der Waals surface area contributed by atoms with Gasteiger partial charge in [0.15, 0.2) is 0 Å². The first-order valence-corrected chi connectivity index (χ1v) is 3.95. The predicted octanol–water partition coefficient (Wildman–Crippen LogP) is 1.60. The lowest BCUT2D eigenvalue weighted by Gasteiger charge is -2.01. The Hall–Kier alpha value is -0.990. The molecular weight excluding hydrogens is 174 g/mol. The Balaban J connectivity index is 3.37. The molecule has 0 saturated carbocycles. The fraction of sp³-hybridized carbons (Fsp3) is 0.500. The summed E-state index contributed by atoms with van der Waals surface area (Å²) in [6, 6.07) is 0. The van der Waals surface area contributed by atoms with Crippen LogP contribution in [-0.2, 0) is 9.53 Å². The minimum Gasteiger partial charge on any atom is -0.462 e. The van der Waals surface area contributed by atoms with Crippen LogP contribution in [0.2, 0.25) is 0 Å². The molecule has 4 heteroatoms. The van der Waals surface area contributed by atoms with Gasteiger partial charge in [-0.1, -0.05) is 6.58 Å². The van der Waals surface area contributed by atoms with Crippen LogP contribution in [0.5, 0.6) is 0 Å². The molecule has 0 aromatic rings. The number of hydrogen-bond acceptors (Lipinski definition) is 4. The molecule has 0 bridgehead atoms. The Bertz CT molecular complexity index is 219. The molecule has 0 aromatic carbocycles. The minimum absolute atomic E-state index is 0.353. The summed E-state index contributed by atoms with van der Waals surface area (Å²) >= 11 is 4.36. The number of aliphatic imine (C=N–C) groups is 1. The molecule has 0 heterocycles. The standard InChI is InChI=1S/C8H11NO2S/c1-7(2)8(10)11-5-3-4-9-6-12/h1,3-5H2,2H3. The number of isothiocyanates is 1. The average molecular weight is 185 g/mol. The molecule has 0 atom stereocenters. The highest BCUT2D eigenvalue weighted by molar-refractivity contribution is 7.78. The highest BCUT2D eigenvalue weighted by atomic mass is 32.1. The fourth-order valence-corrected chi connectivity index (χ4v) is 0.569. The molecule has 0 aliphatic rings. The summed E-state index contributed by atoms with van der Waals surface area (Å²) in [7, 11) is 0. The molecule has 0 fully saturated rings. The Kier molecular flexibility index (Phi) is 6.15. The number of ether oxygens (including phenoxy) is 1. The second kappa shape index (κ2) is 6.70. The third-order valence-corrected chi connectivity index (χ3v) is 1.19. The van der Waals surface area contributed by atoms with Crippen LogP contribution in [-0.4, -0.2) is 24.3 Å². The maximum Gasteiger partial charge on any atom is 0.333 e. The first-order chi connectivity index (χ1) is 5.68. The van der Waals surface area contributed by atoms with Crippen LogP contribution in [0.25, 0.3) is 0 Å². The first kappa shape index (κ1) is 11.0. The first-order valence-electron chi connectivity index (χ1n) is 3.54. The molecule has 0 N–H and O–H groups in total. The predicted molar refractivity (Wildman–Crippen MR) is 50.3 cm³/mol. The molecule has 0 unspecified atom stereocenters. The lowest BCUT2D eigenvalue weighted by Crippen LogP contribution is -2.06. The molecule has 12 heavy (non-hydrogen) atoms. The third-order valence-electron chi connectivity index (χ3n) is 1.06. The van der Waals surface area contributed by atoms with Crippen molar-refractivity contribution >= 4 is 23.3 Å². The summed E-state index contributed by atoms with van der Waals surface area (Å²) in [6.07, 6.45) is 0.669. The second-order valence-corrected chi connectivity index (χ2v) is 2.43. The van der Waals surface area contributed by atoms with Crippen molar-refractivity contribution in [3.8, 4) is 0 Å². The summed E-state index contributed by atoms with van der Waals surface area (Å²) in [5.41, 5.74) is 0.410. The summed E-state index contributed by atoms with van der Waals surface area (Å²) < 4.78 is 4.79. The zero-order valence-corrected chi connectivity index (χ0v) is 7.82. The van der Waals surface area contributed by atoms with E-state index in [0.29, 0.717) is 25.1 Å². The van der Waals surface area contributed by atoms with Gasteiger partial charge in [0, 0.05) is 12.0 Å².